The number of nitrogens with one attached hydrogen (secondary N) is 2. The van der Waals surface area contributed by atoms with Gasteiger partial charge in [-0.3, -0.25) is 4.99 Å². The molecule has 1 unspecified atom stereocenters. The van der Waals surface area contributed by atoms with Gasteiger partial charge in [0, 0.05) is 37.1 Å². The van der Waals surface area contributed by atoms with Crippen molar-refractivity contribution in [3.63, 3.8) is 0 Å². The largest absolute Gasteiger partial charge is 0.475 e. The quantitative estimate of drug-likeness (QED) is 0.618. The molecule has 2 N–H and O–H groups in total. The highest BCUT2D eigenvalue weighted by Crippen LogP contribution is 2.36. The summed E-state index contributed by atoms with van der Waals surface area (Å²) in [6.45, 7) is 7.95. The number of pyridine rings is 1. The van der Waals surface area contributed by atoms with E-state index in [1.807, 2.05) is 43.9 Å². The molecule has 0 spiro atoms. The highest BCUT2D eigenvalue weighted by atomic mass is 32.2. The average molecular weight is 337 g/mol. The van der Waals surface area contributed by atoms with Crippen LogP contribution in [0.5, 0.6) is 5.88 Å². The van der Waals surface area contributed by atoms with Gasteiger partial charge in [-0.25, -0.2) is 4.98 Å². The van der Waals surface area contributed by atoms with Crippen LogP contribution in [0.25, 0.3) is 0 Å². The zero-order valence-electron chi connectivity index (χ0n) is 14.6. The summed E-state index contributed by atoms with van der Waals surface area (Å²) in [5.41, 5.74) is 1.10. The van der Waals surface area contributed by atoms with Gasteiger partial charge in [0.05, 0.1) is 6.10 Å². The maximum atomic E-state index is 5.55. The van der Waals surface area contributed by atoms with Crippen LogP contribution in [0.15, 0.2) is 23.3 Å². The Morgan fingerprint density at radius 1 is 1.43 bits per heavy atom. The van der Waals surface area contributed by atoms with Gasteiger partial charge in [-0.1, -0.05) is 6.07 Å². The Bertz CT molecular complexity index is 510. The number of aromatic nitrogens is 1. The van der Waals surface area contributed by atoms with Crippen molar-refractivity contribution in [2.45, 2.75) is 51.0 Å². The van der Waals surface area contributed by atoms with E-state index in [0.29, 0.717) is 17.2 Å². The van der Waals surface area contributed by atoms with Crippen molar-refractivity contribution in [1.82, 2.24) is 15.6 Å². The molecule has 1 aromatic heterocycles. The van der Waals surface area contributed by atoms with Crippen LogP contribution in [0, 0.1) is 0 Å². The number of rotatable bonds is 6. The van der Waals surface area contributed by atoms with Gasteiger partial charge in [0.25, 0.3) is 0 Å². The van der Waals surface area contributed by atoms with Gasteiger partial charge in [0.1, 0.15) is 0 Å². The summed E-state index contributed by atoms with van der Waals surface area (Å²) < 4.78 is 5.88. The molecule has 1 aliphatic heterocycles. The highest BCUT2D eigenvalue weighted by Gasteiger charge is 2.29. The number of nitrogens with zero attached hydrogens (tertiary/aromatic N) is 2. The number of ether oxygens (including phenoxy) is 1. The third-order valence-electron chi connectivity index (χ3n) is 3.77. The lowest BCUT2D eigenvalue weighted by molar-refractivity contribution is 0.232. The first kappa shape index (κ1) is 17.9. The second kappa shape index (κ2) is 8.43. The Labute approximate surface area is 143 Å². The molecule has 0 amide bonds. The van der Waals surface area contributed by atoms with E-state index in [2.05, 4.69) is 27.5 Å². The number of hydrogen-bond donors (Lipinski definition) is 2. The Morgan fingerprint density at radius 3 is 2.83 bits per heavy atom. The van der Waals surface area contributed by atoms with Gasteiger partial charge in [0.2, 0.25) is 5.88 Å². The molecule has 1 aromatic rings. The topological polar surface area (TPSA) is 58.5 Å². The molecule has 0 aromatic carbocycles. The van der Waals surface area contributed by atoms with E-state index in [1.54, 1.807) is 7.05 Å². The predicted octanol–water partition coefficient (Wildman–Crippen LogP) is 2.82. The van der Waals surface area contributed by atoms with E-state index in [9.17, 15) is 0 Å². The minimum absolute atomic E-state index is 0.143. The summed E-state index contributed by atoms with van der Waals surface area (Å²) in [7, 11) is 1.80. The number of hydrogen-bond acceptors (Lipinski definition) is 4. The first-order valence-electron chi connectivity index (χ1n) is 8.21. The Kier molecular flexibility index (Phi) is 6.57. The van der Waals surface area contributed by atoms with Crippen LogP contribution in [-0.2, 0) is 6.54 Å². The number of aliphatic imine (C=N–C) groups is 1. The lowest BCUT2D eigenvalue weighted by atomic mass is 10.1. The van der Waals surface area contributed by atoms with Crippen LogP contribution >= 0.6 is 11.8 Å². The van der Waals surface area contributed by atoms with Crippen LogP contribution in [0.1, 0.15) is 39.2 Å². The van der Waals surface area contributed by atoms with E-state index in [1.165, 1.54) is 18.6 Å². The molecular formula is C17H28N4OS. The zero-order valence-corrected chi connectivity index (χ0v) is 15.4. The van der Waals surface area contributed by atoms with Crippen molar-refractivity contribution in [2.24, 2.45) is 4.99 Å². The molecule has 23 heavy (non-hydrogen) atoms. The maximum absolute atomic E-state index is 5.55. The highest BCUT2D eigenvalue weighted by molar-refractivity contribution is 8.00. The van der Waals surface area contributed by atoms with Crippen molar-refractivity contribution in [2.75, 3.05) is 19.3 Å². The second-order valence-electron chi connectivity index (χ2n) is 6.35. The van der Waals surface area contributed by atoms with E-state index in [4.69, 9.17) is 4.74 Å². The molecule has 2 heterocycles. The maximum Gasteiger partial charge on any atom is 0.213 e. The third-order valence-corrected chi connectivity index (χ3v) is 5.31. The van der Waals surface area contributed by atoms with Crippen molar-refractivity contribution in [1.29, 1.82) is 0 Å². The Hall–Kier alpha value is -1.43. The SMILES string of the molecule is CN=C(NCc1ccc(OC(C)C)nc1)NCC1(C)CCCS1. The molecule has 2 rings (SSSR count). The standard InChI is InChI=1S/C17H28N4OS/c1-13(2)22-15-7-6-14(10-19-15)11-20-16(18-4)21-12-17(3)8-5-9-23-17/h6-7,10,13H,5,8-9,11-12H2,1-4H3,(H2,18,20,21). The van der Waals surface area contributed by atoms with Gasteiger partial charge in [0.15, 0.2) is 5.96 Å². The normalized spacial score (nSPS) is 21.5. The van der Waals surface area contributed by atoms with E-state index >= 15 is 0 Å². The van der Waals surface area contributed by atoms with E-state index in [0.717, 1.165) is 18.1 Å². The van der Waals surface area contributed by atoms with Gasteiger partial charge >= 0.3 is 0 Å². The Morgan fingerprint density at radius 2 is 2.26 bits per heavy atom. The fraction of sp³-hybridized carbons (Fsp3) is 0.647. The molecule has 1 fully saturated rings. The smallest absolute Gasteiger partial charge is 0.213 e. The molecule has 1 atom stereocenters. The number of guanidine groups is 1. The molecule has 5 nitrogen and oxygen atoms in total. The van der Waals surface area contributed by atoms with Crippen LogP contribution < -0.4 is 15.4 Å². The zero-order chi connectivity index (χ0) is 16.7. The summed E-state index contributed by atoms with van der Waals surface area (Å²) in [4.78, 5) is 8.61. The summed E-state index contributed by atoms with van der Waals surface area (Å²) >= 11 is 2.05. The summed E-state index contributed by atoms with van der Waals surface area (Å²) in [6, 6.07) is 3.93. The predicted molar refractivity (Wildman–Crippen MR) is 98.3 cm³/mol. The molecular weight excluding hydrogens is 308 g/mol. The van der Waals surface area contributed by atoms with Crippen molar-refractivity contribution in [3.8, 4) is 5.88 Å². The van der Waals surface area contributed by atoms with E-state index in [-0.39, 0.29) is 6.10 Å². The lowest BCUT2D eigenvalue weighted by Crippen LogP contribution is -2.43. The minimum Gasteiger partial charge on any atom is -0.475 e. The number of thioether (sulfide) groups is 1. The molecule has 0 saturated carbocycles. The molecule has 6 heteroatoms. The first-order valence-corrected chi connectivity index (χ1v) is 9.19. The molecule has 1 saturated heterocycles. The average Bonchev–Trinajstić information content (AvgIpc) is 2.95. The Balaban J connectivity index is 1.78. The fourth-order valence-electron chi connectivity index (χ4n) is 2.48. The molecule has 0 aliphatic carbocycles. The van der Waals surface area contributed by atoms with Crippen LogP contribution in [0.4, 0.5) is 0 Å². The monoisotopic (exact) mass is 336 g/mol. The van der Waals surface area contributed by atoms with E-state index < -0.39 is 0 Å². The van der Waals surface area contributed by atoms with Crippen LogP contribution in [0.3, 0.4) is 0 Å². The first-order chi connectivity index (χ1) is 11.0. The van der Waals surface area contributed by atoms with Crippen LogP contribution in [0.2, 0.25) is 0 Å². The van der Waals surface area contributed by atoms with Gasteiger partial charge in [-0.05, 0) is 44.9 Å². The summed E-state index contributed by atoms with van der Waals surface area (Å²) in [6.07, 6.45) is 4.56. The summed E-state index contributed by atoms with van der Waals surface area (Å²) in [5.74, 6) is 2.76. The molecule has 0 radical (unpaired) electrons. The fourth-order valence-corrected chi connectivity index (χ4v) is 3.72. The minimum atomic E-state index is 0.143. The molecule has 0 bridgehead atoms. The van der Waals surface area contributed by atoms with Gasteiger partial charge < -0.3 is 15.4 Å². The van der Waals surface area contributed by atoms with Gasteiger partial charge in [-0.15, -0.1) is 0 Å². The summed E-state index contributed by atoms with van der Waals surface area (Å²) in [5, 5.41) is 6.77. The van der Waals surface area contributed by atoms with Crippen molar-refractivity contribution >= 4 is 17.7 Å². The van der Waals surface area contributed by atoms with Crippen LogP contribution in [-0.4, -0.2) is 41.1 Å². The van der Waals surface area contributed by atoms with Crippen molar-refractivity contribution < 1.29 is 4.74 Å². The molecule has 128 valence electrons. The molecule has 1 aliphatic rings. The van der Waals surface area contributed by atoms with Crippen molar-refractivity contribution in [3.05, 3.63) is 23.9 Å². The third kappa shape index (κ3) is 5.94. The lowest BCUT2D eigenvalue weighted by Gasteiger charge is -2.24. The van der Waals surface area contributed by atoms with Gasteiger partial charge in [-0.2, -0.15) is 11.8 Å². The second-order valence-corrected chi connectivity index (χ2v) is 8.04.